The van der Waals surface area contributed by atoms with Crippen molar-refractivity contribution in [2.45, 2.75) is 6.92 Å². The quantitative estimate of drug-likeness (QED) is 0.534. The molecule has 0 fully saturated rings. The maximum Gasteiger partial charge on any atom is 0.163 e. The van der Waals surface area contributed by atoms with Crippen LogP contribution < -0.4 is 14.4 Å². The summed E-state index contributed by atoms with van der Waals surface area (Å²) in [4.78, 5) is 15.7. The van der Waals surface area contributed by atoms with E-state index in [1.165, 1.54) is 0 Å². The number of aryl methyl sites for hydroxylation is 1. The summed E-state index contributed by atoms with van der Waals surface area (Å²) in [5.41, 5.74) is 2.87. The molecule has 6 nitrogen and oxygen atoms in total. The van der Waals surface area contributed by atoms with Crippen LogP contribution in [-0.2, 0) is 0 Å². The van der Waals surface area contributed by atoms with Crippen LogP contribution in [0.15, 0.2) is 36.7 Å². The summed E-state index contributed by atoms with van der Waals surface area (Å²) in [5.74, 6) is 2.39. The van der Waals surface area contributed by atoms with Gasteiger partial charge in [0.25, 0.3) is 0 Å². The summed E-state index contributed by atoms with van der Waals surface area (Å²) in [5, 5.41) is 2.05. The molecule has 0 unspecified atom stereocenters. The van der Waals surface area contributed by atoms with Crippen LogP contribution in [-0.4, -0.2) is 35.2 Å². The van der Waals surface area contributed by atoms with Gasteiger partial charge in [-0.05, 0) is 31.2 Å². The number of ether oxygens (including phenoxy) is 2. The van der Waals surface area contributed by atoms with Crippen LogP contribution in [0.4, 0.5) is 11.5 Å². The van der Waals surface area contributed by atoms with Crippen molar-refractivity contribution < 1.29 is 9.47 Å². The van der Waals surface area contributed by atoms with Gasteiger partial charge in [0.15, 0.2) is 11.5 Å². The largest absolute Gasteiger partial charge is 0.486 e. The van der Waals surface area contributed by atoms with E-state index in [0.29, 0.717) is 13.2 Å². The highest BCUT2D eigenvalue weighted by molar-refractivity contribution is 7.19. The molecule has 4 aromatic rings. The molecule has 3 heterocycles. The fourth-order valence-electron chi connectivity index (χ4n) is 3.24. The standard InChI is InChI=1S/C19H16N4O2S/c1-11-22-14-5-4-13-17(18(14)26-11)19(21-10-20-13)23(2)12-3-6-15-16(9-12)25-8-7-24-15/h3-6,9-10H,7-8H2,1-2H3. The number of hydrogen-bond acceptors (Lipinski definition) is 7. The van der Waals surface area contributed by atoms with Crippen molar-refractivity contribution in [3.63, 3.8) is 0 Å². The number of anilines is 2. The van der Waals surface area contributed by atoms with Gasteiger partial charge in [0.05, 0.1) is 26.1 Å². The monoisotopic (exact) mass is 364 g/mol. The molecule has 5 rings (SSSR count). The average molecular weight is 364 g/mol. The molecule has 26 heavy (non-hydrogen) atoms. The topological polar surface area (TPSA) is 60.4 Å². The van der Waals surface area contributed by atoms with E-state index in [2.05, 4.69) is 19.9 Å². The van der Waals surface area contributed by atoms with Crippen molar-refractivity contribution in [2.24, 2.45) is 0 Å². The van der Waals surface area contributed by atoms with Crippen molar-refractivity contribution in [3.05, 3.63) is 41.7 Å². The van der Waals surface area contributed by atoms with E-state index in [1.54, 1.807) is 17.7 Å². The Bertz CT molecular complexity index is 1140. The molecule has 0 N–H and O–H groups in total. The molecule has 0 spiro atoms. The van der Waals surface area contributed by atoms with Gasteiger partial charge >= 0.3 is 0 Å². The summed E-state index contributed by atoms with van der Waals surface area (Å²) in [7, 11) is 2.00. The fourth-order valence-corrected chi connectivity index (χ4v) is 4.20. The molecular formula is C19H16N4O2S. The van der Waals surface area contributed by atoms with Crippen LogP contribution in [0.1, 0.15) is 5.01 Å². The molecule has 1 aliphatic rings. The van der Waals surface area contributed by atoms with Crippen molar-refractivity contribution in [2.75, 3.05) is 25.2 Å². The lowest BCUT2D eigenvalue weighted by Crippen LogP contribution is -2.17. The number of aromatic nitrogens is 3. The smallest absolute Gasteiger partial charge is 0.163 e. The van der Waals surface area contributed by atoms with Gasteiger partial charge < -0.3 is 14.4 Å². The van der Waals surface area contributed by atoms with Crippen LogP contribution in [0, 0.1) is 6.92 Å². The molecule has 0 aliphatic carbocycles. The first kappa shape index (κ1) is 15.3. The highest BCUT2D eigenvalue weighted by Gasteiger charge is 2.18. The lowest BCUT2D eigenvalue weighted by molar-refractivity contribution is 0.171. The Morgan fingerprint density at radius 1 is 1.00 bits per heavy atom. The van der Waals surface area contributed by atoms with Gasteiger partial charge in [0.2, 0.25) is 0 Å². The van der Waals surface area contributed by atoms with Gasteiger partial charge in [-0.3, -0.25) is 0 Å². The minimum atomic E-state index is 0.567. The lowest BCUT2D eigenvalue weighted by atomic mass is 10.2. The van der Waals surface area contributed by atoms with Crippen LogP contribution in [0.25, 0.3) is 21.1 Å². The van der Waals surface area contributed by atoms with Gasteiger partial charge in [-0.25, -0.2) is 15.0 Å². The SMILES string of the molecule is Cc1nc2ccc3ncnc(N(C)c4ccc5c(c4)OCCO5)c3c2s1. The number of rotatable bonds is 2. The molecule has 0 atom stereocenters. The minimum Gasteiger partial charge on any atom is -0.486 e. The third-order valence-corrected chi connectivity index (χ3v) is 5.48. The van der Waals surface area contributed by atoms with Gasteiger partial charge in [-0.2, -0.15) is 0 Å². The highest BCUT2D eigenvalue weighted by Crippen LogP contribution is 2.39. The van der Waals surface area contributed by atoms with Gasteiger partial charge in [-0.1, -0.05) is 0 Å². The summed E-state index contributed by atoms with van der Waals surface area (Å²) >= 11 is 1.67. The Hall–Kier alpha value is -2.93. The van der Waals surface area contributed by atoms with Crippen LogP contribution >= 0.6 is 11.3 Å². The maximum absolute atomic E-state index is 5.72. The number of thiazole rings is 1. The van der Waals surface area contributed by atoms with Gasteiger partial charge in [0, 0.05) is 18.8 Å². The zero-order valence-electron chi connectivity index (χ0n) is 14.4. The normalized spacial score (nSPS) is 13.3. The van der Waals surface area contributed by atoms with Crippen LogP contribution in [0.5, 0.6) is 11.5 Å². The van der Waals surface area contributed by atoms with E-state index in [1.807, 2.05) is 44.3 Å². The summed E-state index contributed by atoms with van der Waals surface area (Å²) < 4.78 is 12.4. The zero-order chi connectivity index (χ0) is 17.7. The Morgan fingerprint density at radius 3 is 2.69 bits per heavy atom. The van der Waals surface area contributed by atoms with E-state index < -0.39 is 0 Å². The maximum atomic E-state index is 5.72. The predicted octanol–water partition coefficient (Wildman–Crippen LogP) is 4.09. The molecule has 130 valence electrons. The minimum absolute atomic E-state index is 0.567. The third kappa shape index (κ3) is 2.35. The number of nitrogens with zero attached hydrogens (tertiary/aromatic N) is 4. The Kier molecular flexibility index (Phi) is 3.43. The highest BCUT2D eigenvalue weighted by atomic mass is 32.1. The molecule has 0 saturated carbocycles. The molecule has 1 aliphatic heterocycles. The number of hydrogen-bond donors (Lipinski definition) is 0. The molecular weight excluding hydrogens is 348 g/mol. The molecule has 2 aromatic heterocycles. The second-order valence-electron chi connectivity index (χ2n) is 6.13. The lowest BCUT2D eigenvalue weighted by Gasteiger charge is -2.23. The van der Waals surface area contributed by atoms with Gasteiger partial charge in [-0.15, -0.1) is 11.3 Å². The van der Waals surface area contributed by atoms with Crippen molar-refractivity contribution in [3.8, 4) is 11.5 Å². The van der Waals surface area contributed by atoms with Crippen molar-refractivity contribution in [1.29, 1.82) is 0 Å². The summed E-state index contributed by atoms with van der Waals surface area (Å²) in [6, 6.07) is 9.96. The zero-order valence-corrected chi connectivity index (χ0v) is 15.2. The van der Waals surface area contributed by atoms with Crippen LogP contribution in [0.2, 0.25) is 0 Å². The molecule has 0 saturated heterocycles. The molecule has 2 aromatic carbocycles. The first-order chi connectivity index (χ1) is 12.7. The van der Waals surface area contributed by atoms with E-state index in [9.17, 15) is 0 Å². The number of fused-ring (bicyclic) bond motifs is 4. The van der Waals surface area contributed by atoms with Crippen molar-refractivity contribution in [1.82, 2.24) is 15.0 Å². The molecule has 0 bridgehead atoms. The molecule has 0 amide bonds. The predicted molar refractivity (Wildman–Crippen MR) is 103 cm³/mol. The Morgan fingerprint density at radius 2 is 1.81 bits per heavy atom. The van der Waals surface area contributed by atoms with Gasteiger partial charge in [0.1, 0.15) is 25.4 Å². The molecule has 7 heteroatoms. The second kappa shape index (κ2) is 5.81. The second-order valence-corrected chi connectivity index (χ2v) is 7.33. The Balaban J connectivity index is 1.69. The summed E-state index contributed by atoms with van der Waals surface area (Å²) in [6.07, 6.45) is 1.60. The third-order valence-electron chi connectivity index (χ3n) is 4.47. The van der Waals surface area contributed by atoms with E-state index >= 15 is 0 Å². The number of benzene rings is 2. The van der Waals surface area contributed by atoms with E-state index in [-0.39, 0.29) is 0 Å². The first-order valence-electron chi connectivity index (χ1n) is 8.35. The fraction of sp³-hybridized carbons (Fsp3) is 0.211. The van der Waals surface area contributed by atoms with Crippen molar-refractivity contribution >= 4 is 44.0 Å². The average Bonchev–Trinajstić information content (AvgIpc) is 3.07. The van der Waals surface area contributed by atoms with E-state index in [4.69, 9.17) is 9.47 Å². The van der Waals surface area contributed by atoms with Crippen LogP contribution in [0.3, 0.4) is 0 Å². The first-order valence-corrected chi connectivity index (χ1v) is 9.16. The summed E-state index contributed by atoms with van der Waals surface area (Å²) in [6.45, 7) is 3.17. The molecule has 0 radical (unpaired) electrons. The Labute approximate surface area is 154 Å². The van der Waals surface area contributed by atoms with E-state index in [0.717, 1.165) is 49.1 Å².